The minimum atomic E-state index is -1.56. The van der Waals surface area contributed by atoms with Crippen LogP contribution in [0.25, 0.3) is 11.4 Å². The largest absolute Gasteiger partial charge is 0.415 e. The highest BCUT2D eigenvalue weighted by Crippen LogP contribution is 2.23. The first-order chi connectivity index (χ1) is 9.16. The molecular weight excluding hydrogens is 252 g/mol. The van der Waals surface area contributed by atoms with Gasteiger partial charge in [0.15, 0.2) is 5.82 Å². The molecule has 0 bridgehead atoms. The molecule has 19 heavy (non-hydrogen) atoms. The Morgan fingerprint density at radius 2 is 2.11 bits per heavy atom. The summed E-state index contributed by atoms with van der Waals surface area (Å²) in [5.41, 5.74) is 3.13. The molecule has 1 aromatic heterocycles. The molecule has 1 atom stereocenters. The van der Waals surface area contributed by atoms with E-state index in [4.69, 9.17) is 0 Å². The lowest BCUT2D eigenvalue weighted by atomic mass is 10.2. The number of hydrogen-bond acceptors (Lipinski definition) is 7. The van der Waals surface area contributed by atoms with Gasteiger partial charge in [0, 0.05) is 5.56 Å². The van der Waals surface area contributed by atoms with E-state index in [0.717, 1.165) is 10.2 Å². The molecule has 2 heterocycles. The zero-order valence-electron chi connectivity index (χ0n) is 9.46. The molecule has 2 aromatic rings. The van der Waals surface area contributed by atoms with Crippen LogP contribution in [0.5, 0.6) is 0 Å². The maximum atomic E-state index is 10.7. The summed E-state index contributed by atoms with van der Waals surface area (Å²) in [4.78, 5) is 14.0. The first-order valence-electron chi connectivity index (χ1n) is 5.35. The third kappa shape index (κ3) is 1.81. The highest BCUT2D eigenvalue weighted by Gasteiger charge is 2.35. The third-order valence-electron chi connectivity index (χ3n) is 2.58. The molecule has 0 saturated carbocycles. The van der Waals surface area contributed by atoms with Gasteiger partial charge in [-0.15, -0.1) is 10.5 Å². The van der Waals surface area contributed by atoms with Crippen LogP contribution in [0.15, 0.2) is 35.4 Å². The van der Waals surface area contributed by atoms with Gasteiger partial charge in [0.2, 0.25) is 0 Å². The Bertz CT molecular complexity index is 665. The molecule has 0 fully saturated rings. The molecule has 2 N–H and O–H groups in total. The number of anilines is 1. The number of hydrazone groups is 1. The van der Waals surface area contributed by atoms with Gasteiger partial charge in [0.05, 0.1) is 5.10 Å². The number of benzene rings is 1. The molecule has 0 saturated heterocycles. The normalized spacial score (nSPS) is 17.3. The Morgan fingerprint density at radius 1 is 1.37 bits per heavy atom. The van der Waals surface area contributed by atoms with E-state index in [0.29, 0.717) is 5.82 Å². The number of aromatic nitrogens is 3. The lowest BCUT2D eigenvalue weighted by Crippen LogP contribution is -2.32. The molecule has 0 amide bonds. The van der Waals surface area contributed by atoms with Gasteiger partial charge >= 0.3 is 5.84 Å². The molecule has 0 spiro atoms. The van der Waals surface area contributed by atoms with Crippen molar-refractivity contribution in [3.05, 3.63) is 40.4 Å². The number of nitrogens with one attached hydrogen (secondary N) is 1. The Kier molecular flexibility index (Phi) is 2.46. The van der Waals surface area contributed by atoms with Gasteiger partial charge in [0.1, 0.15) is 0 Å². The molecule has 0 radical (unpaired) electrons. The number of aliphatic hydroxyl groups is 1. The van der Waals surface area contributed by atoms with Crippen LogP contribution in [0.4, 0.5) is 5.95 Å². The number of nitrogens with zero attached hydrogens (tertiary/aromatic N) is 5. The lowest BCUT2D eigenvalue weighted by molar-refractivity contribution is -0.362. The van der Waals surface area contributed by atoms with Crippen LogP contribution >= 0.6 is 0 Å². The zero-order chi connectivity index (χ0) is 13.4. The van der Waals surface area contributed by atoms with Gasteiger partial charge in [-0.2, -0.15) is 9.67 Å². The maximum Gasteiger partial charge on any atom is 0.415 e. The van der Waals surface area contributed by atoms with Crippen molar-refractivity contribution in [1.82, 2.24) is 14.8 Å². The highest BCUT2D eigenvalue weighted by molar-refractivity contribution is 5.79. The summed E-state index contributed by atoms with van der Waals surface area (Å²) in [6, 6.07) is 9.07. The monoisotopic (exact) mass is 260 g/mol. The zero-order valence-corrected chi connectivity index (χ0v) is 9.46. The SMILES string of the molecule is O=[N+]([O-])C1=NNc2nc(-c3ccccc3)nn2C1O. The first-order valence-corrected chi connectivity index (χ1v) is 5.35. The number of rotatable bonds is 1. The molecule has 1 aliphatic rings. The number of hydrogen-bond donors (Lipinski definition) is 2. The number of amidine groups is 1. The fraction of sp³-hybridized carbons (Fsp3) is 0.100. The van der Waals surface area contributed by atoms with Crippen molar-refractivity contribution >= 4 is 11.8 Å². The van der Waals surface area contributed by atoms with Crippen molar-refractivity contribution in [2.45, 2.75) is 6.23 Å². The van der Waals surface area contributed by atoms with Crippen LogP contribution in [0, 0.1) is 10.1 Å². The van der Waals surface area contributed by atoms with Gasteiger partial charge in [-0.3, -0.25) is 0 Å². The van der Waals surface area contributed by atoms with Crippen molar-refractivity contribution in [1.29, 1.82) is 0 Å². The molecular formula is C10H8N6O3. The van der Waals surface area contributed by atoms with E-state index in [1.807, 2.05) is 18.2 Å². The van der Waals surface area contributed by atoms with Crippen LogP contribution in [0.1, 0.15) is 6.23 Å². The van der Waals surface area contributed by atoms with Crippen LogP contribution < -0.4 is 5.43 Å². The predicted octanol–water partition coefficient (Wildman–Crippen LogP) is 0.452. The molecule has 9 nitrogen and oxygen atoms in total. The summed E-state index contributed by atoms with van der Waals surface area (Å²) in [6.45, 7) is 0. The Morgan fingerprint density at radius 3 is 2.79 bits per heavy atom. The highest BCUT2D eigenvalue weighted by atomic mass is 16.6. The minimum absolute atomic E-state index is 0.150. The number of aliphatic hydroxyl groups excluding tert-OH is 1. The molecule has 1 aliphatic heterocycles. The molecule has 0 aliphatic carbocycles. The summed E-state index contributed by atoms with van der Waals surface area (Å²) in [6.07, 6.45) is -1.56. The topological polar surface area (TPSA) is 118 Å². The molecule has 1 aromatic carbocycles. The van der Waals surface area contributed by atoms with E-state index in [9.17, 15) is 15.2 Å². The number of fused-ring (bicyclic) bond motifs is 1. The molecule has 3 rings (SSSR count). The van der Waals surface area contributed by atoms with Gasteiger partial charge < -0.3 is 15.2 Å². The van der Waals surface area contributed by atoms with Crippen LogP contribution in [0.2, 0.25) is 0 Å². The maximum absolute atomic E-state index is 10.7. The fourth-order valence-corrected chi connectivity index (χ4v) is 1.69. The van der Waals surface area contributed by atoms with Crippen molar-refractivity contribution in [2.75, 3.05) is 5.43 Å². The third-order valence-corrected chi connectivity index (χ3v) is 2.58. The molecule has 1 unspecified atom stereocenters. The van der Waals surface area contributed by atoms with Crippen molar-refractivity contribution < 1.29 is 10.0 Å². The molecule has 9 heteroatoms. The average Bonchev–Trinajstić information content (AvgIpc) is 2.85. The lowest BCUT2D eigenvalue weighted by Gasteiger charge is -2.12. The van der Waals surface area contributed by atoms with Gasteiger partial charge in [-0.25, -0.2) is 0 Å². The fourth-order valence-electron chi connectivity index (χ4n) is 1.69. The van der Waals surface area contributed by atoms with E-state index >= 15 is 0 Å². The van der Waals surface area contributed by atoms with E-state index in [-0.39, 0.29) is 5.95 Å². The summed E-state index contributed by atoms with van der Waals surface area (Å²) in [5.74, 6) is -0.129. The smallest absolute Gasteiger partial charge is 0.362 e. The van der Waals surface area contributed by atoms with Gasteiger partial charge in [0.25, 0.3) is 12.2 Å². The summed E-state index contributed by atoms with van der Waals surface area (Å²) >= 11 is 0. The van der Waals surface area contributed by atoms with E-state index < -0.39 is 17.0 Å². The Labute approximate surface area is 106 Å². The standard InChI is InChI=1S/C10H8N6O3/c17-9-8(16(18)19)12-13-10-11-7(14-15(9)10)6-4-2-1-3-5-6/h1-5,9,17H,(H,11,13,14). The summed E-state index contributed by atoms with van der Waals surface area (Å²) in [5, 5.41) is 28.0. The second-order valence-corrected chi connectivity index (χ2v) is 3.78. The van der Waals surface area contributed by atoms with Crippen molar-refractivity contribution in [2.24, 2.45) is 5.10 Å². The average molecular weight is 260 g/mol. The second-order valence-electron chi connectivity index (χ2n) is 3.78. The van der Waals surface area contributed by atoms with Crippen LogP contribution in [-0.2, 0) is 0 Å². The van der Waals surface area contributed by atoms with Crippen LogP contribution in [-0.4, -0.2) is 30.6 Å². The molecule has 96 valence electrons. The quantitative estimate of drug-likeness (QED) is 0.567. The van der Waals surface area contributed by atoms with Gasteiger partial charge in [-0.1, -0.05) is 30.3 Å². The number of nitro groups is 1. The Balaban J connectivity index is 2.01. The summed E-state index contributed by atoms with van der Waals surface area (Å²) in [7, 11) is 0. The van der Waals surface area contributed by atoms with Crippen molar-refractivity contribution in [3.8, 4) is 11.4 Å². The minimum Gasteiger partial charge on any atom is -0.362 e. The summed E-state index contributed by atoms with van der Waals surface area (Å²) < 4.78 is 1.02. The van der Waals surface area contributed by atoms with E-state index in [1.54, 1.807) is 12.1 Å². The van der Waals surface area contributed by atoms with E-state index in [2.05, 4.69) is 20.6 Å². The second kappa shape index (κ2) is 4.14. The van der Waals surface area contributed by atoms with Crippen molar-refractivity contribution in [3.63, 3.8) is 0 Å². The first kappa shape index (κ1) is 11.3. The van der Waals surface area contributed by atoms with Crippen LogP contribution in [0.3, 0.4) is 0 Å². The van der Waals surface area contributed by atoms with Gasteiger partial charge in [-0.05, 0) is 4.92 Å². The van der Waals surface area contributed by atoms with E-state index in [1.165, 1.54) is 0 Å². The Hall–Kier alpha value is -2.81. The predicted molar refractivity (Wildman–Crippen MR) is 64.8 cm³/mol.